The third-order valence-corrected chi connectivity index (χ3v) is 10.9. The number of nitrogens with zero attached hydrogens (tertiary/aromatic N) is 8. The van der Waals surface area contributed by atoms with E-state index in [9.17, 15) is 39.9 Å². The summed E-state index contributed by atoms with van der Waals surface area (Å²) in [7, 11) is 3.02. The summed E-state index contributed by atoms with van der Waals surface area (Å²) in [5.41, 5.74) is 2.44. The number of carbonyl (C=O) groups excluding carboxylic acids is 2. The van der Waals surface area contributed by atoms with E-state index in [0.717, 1.165) is 82.6 Å². The minimum absolute atomic E-state index is 0.0111. The molecule has 0 aliphatic carbocycles. The number of hydrogen-bond donors (Lipinski definition) is 1. The van der Waals surface area contributed by atoms with Crippen LogP contribution >= 0.6 is 0 Å². The fourth-order valence-corrected chi connectivity index (χ4v) is 7.19. The molecule has 5 saturated heterocycles. The SMILES string of the molecule is COc1cc([N+](=O)[O-])ccc1N1CCN(C(=O)OC(C)(C)C)CC1.COc1cc([N+](=O)[O-])ccc1N1CCNCC1.O=C1COC1.O=[N+]([O-])c1ccc(N2CCN(C3COC3)CC2)cc1. The van der Waals surface area contributed by atoms with E-state index >= 15 is 0 Å². The average Bonchev–Trinajstić information content (AvgIpc) is 3.28. The van der Waals surface area contributed by atoms with E-state index in [1.807, 2.05) is 37.8 Å². The van der Waals surface area contributed by atoms with Crippen LogP contribution in [0.1, 0.15) is 20.8 Å². The molecule has 354 valence electrons. The number of rotatable bonds is 9. The second-order valence-corrected chi connectivity index (χ2v) is 16.4. The summed E-state index contributed by atoms with van der Waals surface area (Å²) in [5.74, 6) is 1.22. The van der Waals surface area contributed by atoms with Crippen LogP contribution in [0.3, 0.4) is 0 Å². The zero-order valence-corrected chi connectivity index (χ0v) is 37.5. The van der Waals surface area contributed by atoms with Gasteiger partial charge in [0.2, 0.25) is 0 Å². The van der Waals surface area contributed by atoms with Gasteiger partial charge in [-0.15, -0.1) is 0 Å². The molecule has 5 aliphatic rings. The normalized spacial score (nSPS) is 17.6. The number of amides is 1. The third kappa shape index (κ3) is 14.6. The maximum atomic E-state index is 12.1. The van der Waals surface area contributed by atoms with Gasteiger partial charge in [-0.1, -0.05) is 0 Å². The molecule has 0 aromatic heterocycles. The first-order valence-corrected chi connectivity index (χ1v) is 21.3. The summed E-state index contributed by atoms with van der Waals surface area (Å²) in [5, 5.41) is 35.4. The molecule has 0 bridgehead atoms. The molecule has 1 N–H and O–H groups in total. The summed E-state index contributed by atoms with van der Waals surface area (Å²) in [6.07, 6.45) is -0.321. The van der Waals surface area contributed by atoms with E-state index in [2.05, 4.69) is 24.8 Å². The van der Waals surface area contributed by atoms with Crippen LogP contribution in [-0.4, -0.2) is 167 Å². The van der Waals surface area contributed by atoms with E-state index in [1.54, 1.807) is 29.2 Å². The molecule has 3 aromatic rings. The maximum Gasteiger partial charge on any atom is 0.410 e. The Morgan fingerprint density at radius 3 is 1.48 bits per heavy atom. The highest BCUT2D eigenvalue weighted by Gasteiger charge is 2.30. The summed E-state index contributed by atoms with van der Waals surface area (Å²) in [6.45, 7) is 17.8. The first kappa shape index (κ1) is 49.7. The highest BCUT2D eigenvalue weighted by molar-refractivity contribution is 5.84. The number of ketones is 1. The minimum Gasteiger partial charge on any atom is -0.494 e. The van der Waals surface area contributed by atoms with Crippen molar-refractivity contribution >= 4 is 46.0 Å². The molecular weight excluding hydrogens is 851 g/mol. The van der Waals surface area contributed by atoms with Gasteiger partial charge in [-0.25, -0.2) is 4.79 Å². The molecule has 0 atom stereocenters. The van der Waals surface area contributed by atoms with Gasteiger partial charge in [0.1, 0.15) is 30.3 Å². The van der Waals surface area contributed by atoms with Crippen molar-refractivity contribution < 1.29 is 48.0 Å². The molecule has 22 nitrogen and oxygen atoms in total. The minimum atomic E-state index is -0.518. The van der Waals surface area contributed by atoms with Crippen molar-refractivity contribution in [2.45, 2.75) is 32.4 Å². The van der Waals surface area contributed by atoms with Gasteiger partial charge < -0.3 is 48.6 Å². The second-order valence-electron chi connectivity index (χ2n) is 16.4. The lowest BCUT2D eigenvalue weighted by molar-refractivity contribution is -0.385. The predicted octanol–water partition coefficient (Wildman–Crippen LogP) is 4.37. The Balaban J connectivity index is 0.000000175. The Morgan fingerprint density at radius 2 is 1.09 bits per heavy atom. The van der Waals surface area contributed by atoms with Crippen LogP contribution < -0.4 is 29.5 Å². The Kier molecular flexibility index (Phi) is 18.0. The summed E-state index contributed by atoms with van der Waals surface area (Å²) < 4.78 is 25.6. The molecule has 0 unspecified atom stereocenters. The number of nitrogens with one attached hydrogen (secondary N) is 1. The van der Waals surface area contributed by atoms with Gasteiger partial charge >= 0.3 is 6.09 Å². The van der Waals surface area contributed by atoms with Gasteiger partial charge in [0.15, 0.2) is 5.78 Å². The zero-order chi connectivity index (χ0) is 47.1. The molecule has 0 spiro atoms. The number of methoxy groups -OCH3 is 2. The number of carbonyl (C=O) groups is 2. The number of hydrogen-bond acceptors (Lipinski definition) is 18. The van der Waals surface area contributed by atoms with Gasteiger partial charge in [-0.05, 0) is 45.0 Å². The van der Waals surface area contributed by atoms with E-state index < -0.39 is 15.4 Å². The Morgan fingerprint density at radius 1 is 0.646 bits per heavy atom. The lowest BCUT2D eigenvalue weighted by Crippen LogP contribution is -2.56. The maximum absolute atomic E-state index is 12.1. The number of Topliss-reactive ketones (excluding diaryl/α,β-unsaturated/α-hetero) is 1. The molecule has 0 saturated carbocycles. The van der Waals surface area contributed by atoms with Gasteiger partial charge in [0, 0.05) is 108 Å². The summed E-state index contributed by atoms with van der Waals surface area (Å²) >= 11 is 0. The molecule has 5 heterocycles. The average molecular weight is 910 g/mol. The van der Waals surface area contributed by atoms with E-state index in [0.29, 0.717) is 56.9 Å². The quantitative estimate of drug-likeness (QED) is 0.232. The van der Waals surface area contributed by atoms with Crippen molar-refractivity contribution in [1.29, 1.82) is 0 Å². The number of piperazine rings is 3. The number of anilines is 3. The van der Waals surface area contributed by atoms with Crippen molar-refractivity contribution in [1.82, 2.24) is 15.1 Å². The molecule has 1 amide bonds. The van der Waals surface area contributed by atoms with Crippen molar-refractivity contribution in [3.63, 3.8) is 0 Å². The fourth-order valence-electron chi connectivity index (χ4n) is 7.19. The third-order valence-electron chi connectivity index (χ3n) is 10.9. The Labute approximate surface area is 377 Å². The van der Waals surface area contributed by atoms with E-state index in [1.165, 1.54) is 38.5 Å². The Bertz CT molecular complexity index is 2070. The van der Waals surface area contributed by atoms with E-state index in [4.69, 9.17) is 18.9 Å². The first-order chi connectivity index (χ1) is 31.1. The molecule has 5 aliphatic heterocycles. The van der Waals surface area contributed by atoms with Gasteiger partial charge in [0.25, 0.3) is 17.1 Å². The molecule has 0 radical (unpaired) electrons. The number of benzene rings is 3. The zero-order valence-electron chi connectivity index (χ0n) is 37.5. The lowest BCUT2D eigenvalue weighted by Gasteiger charge is -2.43. The van der Waals surface area contributed by atoms with Crippen LogP contribution in [0.25, 0.3) is 0 Å². The number of nitro benzene ring substituents is 3. The van der Waals surface area contributed by atoms with Crippen LogP contribution in [0.15, 0.2) is 60.7 Å². The monoisotopic (exact) mass is 909 g/mol. The van der Waals surface area contributed by atoms with Crippen LogP contribution in [0.4, 0.5) is 38.9 Å². The standard InChI is InChI=1S/C16H23N3O5.C13H17N3O3.C11H15N3O3.C3H4O2/c1-16(2,3)24-15(20)18-9-7-17(8-10-18)13-6-5-12(19(21)22)11-14(13)23-4;17-16(18)12-3-1-11(2-4-12)14-5-7-15(8-6-14)13-9-19-10-13;1-17-11-8-9(14(15)16)2-3-10(11)13-6-4-12-5-7-13;4-3-1-5-2-3/h5-6,11H,7-10H2,1-4H3;1-4,13H,5-10H2;2-3,8,12H,4-7H2,1H3;1-2H2. The van der Waals surface area contributed by atoms with Crippen molar-refractivity contribution in [3.05, 3.63) is 91.0 Å². The summed E-state index contributed by atoms with van der Waals surface area (Å²) in [4.78, 5) is 63.4. The van der Waals surface area contributed by atoms with E-state index in [-0.39, 0.29) is 33.9 Å². The van der Waals surface area contributed by atoms with Crippen LogP contribution in [0.2, 0.25) is 0 Å². The molecule has 8 rings (SSSR count). The van der Waals surface area contributed by atoms with Gasteiger partial charge in [0.05, 0.1) is 71.8 Å². The van der Waals surface area contributed by atoms with Crippen LogP contribution in [-0.2, 0) is 19.0 Å². The highest BCUT2D eigenvalue weighted by Crippen LogP contribution is 2.34. The predicted molar refractivity (Wildman–Crippen MR) is 242 cm³/mol. The van der Waals surface area contributed by atoms with Crippen LogP contribution in [0, 0.1) is 30.3 Å². The number of nitro groups is 3. The molecule has 65 heavy (non-hydrogen) atoms. The highest BCUT2D eigenvalue weighted by atomic mass is 16.6. The van der Waals surface area contributed by atoms with Crippen molar-refractivity contribution in [2.75, 3.05) is 134 Å². The Hall–Kier alpha value is -6.36. The smallest absolute Gasteiger partial charge is 0.410 e. The van der Waals surface area contributed by atoms with Crippen molar-refractivity contribution in [3.8, 4) is 11.5 Å². The first-order valence-electron chi connectivity index (χ1n) is 21.3. The fraction of sp³-hybridized carbons (Fsp3) is 0.535. The van der Waals surface area contributed by atoms with Gasteiger partial charge in [-0.3, -0.25) is 40.0 Å². The molecule has 22 heteroatoms. The van der Waals surface area contributed by atoms with Crippen LogP contribution in [0.5, 0.6) is 11.5 Å². The molecule has 3 aromatic carbocycles. The van der Waals surface area contributed by atoms with Crippen molar-refractivity contribution in [2.24, 2.45) is 0 Å². The second kappa shape index (κ2) is 23.5. The number of non-ortho nitro benzene ring substituents is 3. The number of ether oxygens (including phenoxy) is 5. The summed E-state index contributed by atoms with van der Waals surface area (Å²) in [6, 6.07) is 16.7. The molecular formula is C43H59N9O13. The largest absolute Gasteiger partial charge is 0.494 e. The van der Waals surface area contributed by atoms with Gasteiger partial charge in [-0.2, -0.15) is 0 Å². The topological polar surface area (TPSA) is 238 Å². The lowest BCUT2D eigenvalue weighted by atomic mass is 10.1. The molecule has 5 fully saturated rings.